The number of carbonyl (C=O) groups is 5. The van der Waals surface area contributed by atoms with Crippen LogP contribution in [0, 0.1) is 5.92 Å². The second-order valence-corrected chi connectivity index (χ2v) is 17.6. The van der Waals surface area contributed by atoms with E-state index in [-0.39, 0.29) is 53.3 Å². The minimum atomic E-state index is -2.90. The molecule has 0 radical (unpaired) electrons. The van der Waals surface area contributed by atoms with Crippen LogP contribution in [0.25, 0.3) is 11.5 Å². The number of aromatic nitrogens is 4. The normalized spacial score (nSPS) is 22.2. The minimum Gasteiger partial charge on any atom is -0.444 e. The largest absolute Gasteiger partial charge is 0.444 e. The fraction of sp³-hybridized carbons (Fsp3) is 0.522. The predicted molar refractivity (Wildman–Crippen MR) is 237 cm³/mol. The van der Waals surface area contributed by atoms with Crippen molar-refractivity contribution in [3.63, 3.8) is 0 Å². The van der Waals surface area contributed by atoms with Crippen LogP contribution in [-0.4, -0.2) is 122 Å². The fourth-order valence-corrected chi connectivity index (χ4v) is 9.38. The number of alkyl halides is 2. The second kappa shape index (κ2) is 21.0. The Labute approximate surface area is 380 Å². The number of aliphatic hydroxyl groups excluding tert-OH is 1. The van der Waals surface area contributed by atoms with Gasteiger partial charge in [0.1, 0.15) is 18.1 Å². The highest BCUT2D eigenvalue weighted by atomic mass is 19.3. The number of imide groups is 2. The van der Waals surface area contributed by atoms with E-state index in [0.29, 0.717) is 49.2 Å². The zero-order chi connectivity index (χ0) is 46.3. The highest BCUT2D eigenvalue weighted by Gasteiger charge is 2.45. The summed E-state index contributed by atoms with van der Waals surface area (Å²) in [6.07, 6.45) is 9.38. The monoisotopic (exact) mass is 914 g/mol. The first-order chi connectivity index (χ1) is 31.9. The lowest BCUT2D eigenvalue weighted by molar-refractivity contribution is -0.136. The number of benzene rings is 1. The Balaban J connectivity index is 0.732. The Bertz CT molecular complexity index is 2400. The van der Waals surface area contributed by atoms with Gasteiger partial charge in [0.15, 0.2) is 11.4 Å². The number of nitrogens with zero attached hydrogens (tertiary/aromatic N) is 6. The number of amides is 5. The van der Waals surface area contributed by atoms with Gasteiger partial charge in [0.2, 0.25) is 17.7 Å². The number of fused-ring (bicyclic) bond motifs is 1. The van der Waals surface area contributed by atoms with Crippen LogP contribution in [0.1, 0.15) is 126 Å². The van der Waals surface area contributed by atoms with E-state index in [2.05, 4.69) is 48.3 Å². The quantitative estimate of drug-likeness (QED) is 0.0553. The zero-order valence-electron chi connectivity index (χ0n) is 36.8. The van der Waals surface area contributed by atoms with Crippen LogP contribution in [-0.2, 0) is 14.3 Å². The molecule has 1 unspecified atom stereocenters. The molecule has 3 aromatic heterocycles. The summed E-state index contributed by atoms with van der Waals surface area (Å²) in [5.41, 5.74) is 0.865. The lowest BCUT2D eigenvalue weighted by Crippen LogP contribution is -2.54. The summed E-state index contributed by atoms with van der Waals surface area (Å²) < 4.78 is 41.4. The molecule has 0 bridgehead atoms. The molecule has 66 heavy (non-hydrogen) atoms. The van der Waals surface area contributed by atoms with Crippen molar-refractivity contribution < 1.29 is 47.0 Å². The van der Waals surface area contributed by atoms with Gasteiger partial charge in [-0.3, -0.25) is 38.9 Å². The first-order valence-corrected chi connectivity index (χ1v) is 22.8. The Hall–Kier alpha value is -6.12. The summed E-state index contributed by atoms with van der Waals surface area (Å²) in [7, 11) is 2.08. The Kier molecular flexibility index (Phi) is 14.8. The third kappa shape index (κ3) is 10.8. The van der Waals surface area contributed by atoms with Gasteiger partial charge in [0, 0.05) is 62.9 Å². The summed E-state index contributed by atoms with van der Waals surface area (Å²) in [4.78, 5) is 75.5. The number of piperidine rings is 1. The van der Waals surface area contributed by atoms with Crippen molar-refractivity contribution in [2.75, 3.05) is 55.8 Å². The summed E-state index contributed by atoms with van der Waals surface area (Å²) in [5, 5.41) is 25.8. The van der Waals surface area contributed by atoms with Gasteiger partial charge in [-0.05, 0) is 95.0 Å². The van der Waals surface area contributed by atoms with Crippen molar-refractivity contribution >= 4 is 46.7 Å². The number of nitrogens with one attached hydrogen (secondary N) is 4. The van der Waals surface area contributed by atoms with Crippen LogP contribution in [0.3, 0.4) is 0 Å². The molecular weight excluding hydrogens is 859 g/mol. The molecule has 0 spiro atoms. The predicted octanol–water partition coefficient (Wildman–Crippen LogP) is 5.81. The fourth-order valence-electron chi connectivity index (χ4n) is 9.38. The van der Waals surface area contributed by atoms with Crippen LogP contribution in [0.2, 0.25) is 0 Å². The molecule has 1 aromatic carbocycles. The van der Waals surface area contributed by atoms with Gasteiger partial charge < -0.3 is 35.1 Å². The number of aliphatic hydroxyl groups is 1. The number of hydrogen-bond donors (Lipinski definition) is 5. The van der Waals surface area contributed by atoms with Crippen LogP contribution < -0.4 is 21.3 Å². The van der Waals surface area contributed by atoms with Gasteiger partial charge in [0.25, 0.3) is 24.1 Å². The van der Waals surface area contributed by atoms with Crippen molar-refractivity contribution in [1.82, 2.24) is 34.9 Å². The Morgan fingerprint density at radius 3 is 2.61 bits per heavy atom. The van der Waals surface area contributed by atoms with Crippen molar-refractivity contribution in [3.05, 3.63) is 71.5 Å². The van der Waals surface area contributed by atoms with Gasteiger partial charge in [-0.2, -0.15) is 5.10 Å². The maximum Gasteiger partial charge on any atom is 0.284 e. The molecule has 2 saturated carbocycles. The molecule has 4 aliphatic rings. The van der Waals surface area contributed by atoms with E-state index in [1.165, 1.54) is 12.5 Å². The second-order valence-electron chi connectivity index (χ2n) is 17.6. The molecule has 2 aliphatic carbocycles. The number of ether oxygens (including phenoxy) is 1. The van der Waals surface area contributed by atoms with Crippen molar-refractivity contribution in [1.29, 1.82) is 0 Å². The lowest BCUT2D eigenvalue weighted by Gasteiger charge is -2.31. The SMILES string of the molecule is CN(CCCOCCCNc1cccc2c1C(=O)N(C1CCC(=O)NC1=O)C2=O)C[C@H]1CC[C@H](n2cc(NC(=O)c3coc(-c4ccnc(N[C@H]5CCCC[C@H]5O)c4)n3)c(C(F)F)n2)CC1. The number of hydrogen-bond acceptors (Lipinski definition) is 14. The molecule has 8 rings (SSSR count). The molecule has 5 amide bonds. The van der Waals surface area contributed by atoms with Crippen LogP contribution >= 0.6 is 0 Å². The molecular formula is C46H56F2N10O8. The van der Waals surface area contributed by atoms with E-state index in [0.717, 1.165) is 75.8 Å². The number of carbonyl (C=O) groups excluding carboxylic acids is 5. The third-order valence-electron chi connectivity index (χ3n) is 12.9. The first kappa shape index (κ1) is 46.4. The number of halogens is 2. The summed E-state index contributed by atoms with van der Waals surface area (Å²) in [6, 6.07) is 7.15. The number of oxazole rings is 1. The van der Waals surface area contributed by atoms with E-state index >= 15 is 0 Å². The van der Waals surface area contributed by atoms with E-state index in [4.69, 9.17) is 9.15 Å². The van der Waals surface area contributed by atoms with Crippen molar-refractivity contribution in [2.24, 2.45) is 5.92 Å². The molecule has 2 aliphatic heterocycles. The lowest BCUT2D eigenvalue weighted by atomic mass is 9.86. The summed E-state index contributed by atoms with van der Waals surface area (Å²) in [6.45, 7) is 3.31. The molecule has 352 valence electrons. The maximum atomic E-state index is 14.2. The molecule has 20 heteroatoms. The topological polar surface area (TPSA) is 226 Å². The highest BCUT2D eigenvalue weighted by molar-refractivity contribution is 6.25. The van der Waals surface area contributed by atoms with E-state index in [9.17, 15) is 37.9 Å². The van der Waals surface area contributed by atoms with E-state index in [1.807, 2.05) is 0 Å². The van der Waals surface area contributed by atoms with Gasteiger partial charge in [-0.25, -0.2) is 18.7 Å². The Morgan fingerprint density at radius 2 is 1.82 bits per heavy atom. The standard InChI is InChI=1S/C46H56F2N10O8/c1-56(20-6-22-65-21-5-18-49-32-9-4-7-30-39(32)46(64)58(45(30)63)35-15-16-38(60)54-43(35)62)24-27-11-13-29(14-12-27)57-25-33(40(55-57)41(47)48)52-42(61)34-26-66-44(53-34)28-17-19-50-37(23-28)51-31-8-2-3-10-36(31)59/h4,7,9,17,19,23,25-27,29,31,35-36,41,49,59H,2-3,5-6,8,10-16,18,20-22,24H2,1H3,(H,50,51)(H,52,61)(H,54,60,62)/t27-,29-,31-,35?,36+/m0/s1. The minimum absolute atomic E-state index is 0.0568. The number of anilines is 3. The van der Waals surface area contributed by atoms with Crippen LogP contribution in [0.4, 0.5) is 26.0 Å². The molecule has 5 N–H and O–H groups in total. The molecule has 3 fully saturated rings. The number of pyridine rings is 1. The van der Waals surface area contributed by atoms with Gasteiger partial charge in [0.05, 0.1) is 35.0 Å². The van der Waals surface area contributed by atoms with Gasteiger partial charge in [-0.1, -0.05) is 18.9 Å². The van der Waals surface area contributed by atoms with Gasteiger partial charge in [-0.15, -0.1) is 0 Å². The number of rotatable bonds is 19. The third-order valence-corrected chi connectivity index (χ3v) is 12.9. The van der Waals surface area contributed by atoms with Crippen molar-refractivity contribution in [3.8, 4) is 11.5 Å². The average molecular weight is 915 g/mol. The maximum absolute atomic E-state index is 14.2. The van der Waals surface area contributed by atoms with E-state index in [1.54, 1.807) is 41.2 Å². The molecule has 4 aromatic rings. The summed E-state index contributed by atoms with van der Waals surface area (Å²) >= 11 is 0. The Morgan fingerprint density at radius 1 is 1.02 bits per heavy atom. The smallest absolute Gasteiger partial charge is 0.284 e. The van der Waals surface area contributed by atoms with Crippen LogP contribution in [0.5, 0.6) is 0 Å². The molecule has 1 saturated heterocycles. The molecule has 3 atom stereocenters. The zero-order valence-corrected chi connectivity index (χ0v) is 36.8. The van der Waals surface area contributed by atoms with Crippen LogP contribution in [0.15, 0.2) is 53.4 Å². The summed E-state index contributed by atoms with van der Waals surface area (Å²) in [5.74, 6) is -1.73. The molecule has 18 nitrogen and oxygen atoms in total. The first-order valence-electron chi connectivity index (χ1n) is 22.8. The average Bonchev–Trinajstić information content (AvgIpc) is 4.03. The highest BCUT2D eigenvalue weighted by Crippen LogP contribution is 2.36. The van der Waals surface area contributed by atoms with E-state index < -0.39 is 53.8 Å². The molecule has 5 heterocycles. The van der Waals surface area contributed by atoms with Gasteiger partial charge >= 0.3 is 0 Å². The van der Waals surface area contributed by atoms with Crippen molar-refractivity contribution in [2.45, 2.75) is 108 Å².